The van der Waals surface area contributed by atoms with Gasteiger partial charge in [-0.2, -0.15) is 0 Å². The predicted molar refractivity (Wildman–Crippen MR) is 109 cm³/mol. The molecule has 1 aromatic carbocycles. The van der Waals surface area contributed by atoms with E-state index in [1.165, 1.54) is 18.2 Å². The molecule has 9 nitrogen and oxygen atoms in total. The molecule has 0 bridgehead atoms. The van der Waals surface area contributed by atoms with E-state index < -0.39 is 12.1 Å². The van der Waals surface area contributed by atoms with Gasteiger partial charge in [0.25, 0.3) is 5.91 Å². The highest BCUT2D eigenvalue weighted by molar-refractivity contribution is 6.04. The lowest BCUT2D eigenvalue weighted by Crippen LogP contribution is -2.33. The quantitative estimate of drug-likeness (QED) is 0.610. The zero-order chi connectivity index (χ0) is 21.5. The van der Waals surface area contributed by atoms with Crippen LogP contribution in [0.4, 0.5) is 10.5 Å². The smallest absolute Gasteiger partial charge is 0.324 e. The van der Waals surface area contributed by atoms with Crippen molar-refractivity contribution < 1.29 is 23.9 Å². The topological polar surface area (TPSA) is 110 Å². The second kappa shape index (κ2) is 9.73. The van der Waals surface area contributed by atoms with Gasteiger partial charge < -0.3 is 20.1 Å². The van der Waals surface area contributed by atoms with E-state index in [2.05, 4.69) is 15.6 Å². The third-order valence-electron chi connectivity index (χ3n) is 4.78. The number of imide groups is 1. The van der Waals surface area contributed by atoms with Crippen molar-refractivity contribution in [2.45, 2.75) is 25.3 Å². The number of carbonyl (C=O) groups excluding carboxylic acids is 3. The lowest BCUT2D eigenvalue weighted by molar-refractivity contribution is -0.127. The van der Waals surface area contributed by atoms with Crippen molar-refractivity contribution in [3.8, 4) is 11.6 Å². The largest absolute Gasteiger partial charge is 0.497 e. The molecule has 30 heavy (non-hydrogen) atoms. The Labute approximate surface area is 174 Å². The summed E-state index contributed by atoms with van der Waals surface area (Å²) in [5.41, 5.74) is 1.52. The van der Waals surface area contributed by atoms with Crippen LogP contribution in [-0.4, -0.2) is 54.5 Å². The maximum atomic E-state index is 12.5. The van der Waals surface area contributed by atoms with Crippen LogP contribution in [0.5, 0.6) is 11.6 Å². The summed E-state index contributed by atoms with van der Waals surface area (Å²) >= 11 is 0. The van der Waals surface area contributed by atoms with E-state index in [1.54, 1.807) is 19.2 Å². The fourth-order valence-corrected chi connectivity index (χ4v) is 3.09. The fourth-order valence-electron chi connectivity index (χ4n) is 3.09. The molecule has 9 heteroatoms. The van der Waals surface area contributed by atoms with Gasteiger partial charge in [0.2, 0.25) is 11.8 Å². The minimum atomic E-state index is -0.701. The molecular formula is C21H24N4O5. The molecule has 158 valence electrons. The SMILES string of the molecule is COc1ccc(CCN2C(=O)N[C@@H](CCC(=O)Nc3ccc(OC)nc3)C2=O)cc1. The minimum Gasteiger partial charge on any atom is -0.497 e. The maximum Gasteiger partial charge on any atom is 0.324 e. The molecule has 0 saturated carbocycles. The van der Waals surface area contributed by atoms with Gasteiger partial charge in [0.05, 0.1) is 26.1 Å². The molecule has 1 saturated heterocycles. The molecule has 1 atom stereocenters. The number of anilines is 1. The number of hydrogen-bond acceptors (Lipinski definition) is 6. The fraction of sp³-hybridized carbons (Fsp3) is 0.333. The molecule has 4 amide bonds. The van der Waals surface area contributed by atoms with Crippen LogP contribution in [0.3, 0.4) is 0 Å². The first-order chi connectivity index (χ1) is 14.5. The number of hydrogen-bond donors (Lipinski definition) is 2. The Morgan fingerprint density at radius 1 is 1.13 bits per heavy atom. The van der Waals surface area contributed by atoms with Gasteiger partial charge in [-0.25, -0.2) is 9.78 Å². The molecule has 0 aliphatic carbocycles. The van der Waals surface area contributed by atoms with Crippen molar-refractivity contribution in [2.75, 3.05) is 26.1 Å². The molecule has 1 aliphatic rings. The molecule has 0 spiro atoms. The van der Waals surface area contributed by atoms with E-state index in [-0.39, 0.29) is 31.2 Å². The molecule has 2 aromatic rings. The molecule has 1 fully saturated rings. The number of urea groups is 1. The summed E-state index contributed by atoms with van der Waals surface area (Å²) in [5.74, 6) is 0.618. The van der Waals surface area contributed by atoms with Gasteiger partial charge in [-0.1, -0.05) is 12.1 Å². The molecule has 0 unspecified atom stereocenters. The monoisotopic (exact) mass is 412 g/mol. The van der Waals surface area contributed by atoms with Crippen LogP contribution in [0.1, 0.15) is 18.4 Å². The molecule has 2 heterocycles. The summed E-state index contributed by atoms with van der Waals surface area (Å²) in [7, 11) is 3.10. The Morgan fingerprint density at radius 3 is 2.53 bits per heavy atom. The standard InChI is InChI=1S/C21H24N4O5/c1-29-16-6-3-14(4-7-16)11-12-25-20(27)17(24-21(25)28)8-9-18(26)23-15-5-10-19(30-2)22-13-15/h3-7,10,13,17H,8-9,11-12H2,1-2H3,(H,23,26)(H,24,28)/t17-/m0/s1. The number of nitrogens with one attached hydrogen (secondary N) is 2. The van der Waals surface area contributed by atoms with E-state index in [9.17, 15) is 14.4 Å². The lowest BCUT2D eigenvalue weighted by atomic mass is 10.1. The maximum absolute atomic E-state index is 12.5. The van der Waals surface area contributed by atoms with E-state index in [4.69, 9.17) is 9.47 Å². The summed E-state index contributed by atoms with van der Waals surface area (Å²) in [6.07, 6.45) is 2.34. The van der Waals surface area contributed by atoms with Gasteiger partial charge in [-0.3, -0.25) is 14.5 Å². The highest BCUT2D eigenvalue weighted by Gasteiger charge is 2.37. The number of ether oxygens (including phenoxy) is 2. The third-order valence-corrected chi connectivity index (χ3v) is 4.78. The first-order valence-corrected chi connectivity index (χ1v) is 9.55. The van der Waals surface area contributed by atoms with Crippen LogP contribution >= 0.6 is 0 Å². The van der Waals surface area contributed by atoms with Gasteiger partial charge in [-0.15, -0.1) is 0 Å². The average molecular weight is 412 g/mol. The summed E-state index contributed by atoms with van der Waals surface area (Å²) in [5, 5.41) is 5.36. The number of amides is 4. The predicted octanol–water partition coefficient (Wildman–Crippen LogP) is 1.98. The first kappa shape index (κ1) is 21.1. The normalized spacial score (nSPS) is 15.7. The van der Waals surface area contributed by atoms with Gasteiger partial charge >= 0.3 is 6.03 Å². The Bertz CT molecular complexity index is 899. The number of rotatable bonds is 9. The van der Waals surface area contributed by atoms with Crippen LogP contribution in [0.2, 0.25) is 0 Å². The number of aromatic nitrogens is 1. The van der Waals surface area contributed by atoms with Crippen LogP contribution in [0.25, 0.3) is 0 Å². The van der Waals surface area contributed by atoms with Crippen molar-refractivity contribution in [3.05, 3.63) is 48.2 Å². The third kappa shape index (κ3) is 5.25. The van der Waals surface area contributed by atoms with E-state index >= 15 is 0 Å². The van der Waals surface area contributed by atoms with Gasteiger partial charge in [0, 0.05) is 19.0 Å². The van der Waals surface area contributed by atoms with Crippen LogP contribution in [0.15, 0.2) is 42.6 Å². The van der Waals surface area contributed by atoms with E-state index in [0.29, 0.717) is 18.0 Å². The first-order valence-electron chi connectivity index (χ1n) is 9.55. The van der Waals surface area contributed by atoms with Gasteiger partial charge in [0.15, 0.2) is 0 Å². The van der Waals surface area contributed by atoms with E-state index in [1.807, 2.05) is 24.3 Å². The zero-order valence-electron chi connectivity index (χ0n) is 16.9. The summed E-state index contributed by atoms with van der Waals surface area (Å²) < 4.78 is 10.1. The number of carbonyl (C=O) groups is 3. The second-order valence-corrected chi connectivity index (χ2v) is 6.77. The molecule has 2 N–H and O–H groups in total. The van der Waals surface area contributed by atoms with Crippen LogP contribution < -0.4 is 20.1 Å². The highest BCUT2D eigenvalue weighted by atomic mass is 16.5. The molecule has 1 aliphatic heterocycles. The van der Waals surface area contributed by atoms with Crippen molar-refractivity contribution in [1.82, 2.24) is 15.2 Å². The van der Waals surface area contributed by atoms with Gasteiger partial charge in [0.1, 0.15) is 11.8 Å². The summed E-state index contributed by atoms with van der Waals surface area (Å²) in [4.78, 5) is 42.1. The summed E-state index contributed by atoms with van der Waals surface area (Å²) in [6, 6.07) is 9.64. The average Bonchev–Trinajstić information content (AvgIpc) is 3.04. The van der Waals surface area contributed by atoms with Crippen molar-refractivity contribution in [3.63, 3.8) is 0 Å². The second-order valence-electron chi connectivity index (χ2n) is 6.77. The van der Waals surface area contributed by atoms with Gasteiger partial charge in [-0.05, 0) is 36.6 Å². The summed E-state index contributed by atoms with van der Waals surface area (Å²) in [6.45, 7) is 0.275. The highest BCUT2D eigenvalue weighted by Crippen LogP contribution is 2.16. The molecule has 3 rings (SSSR count). The number of nitrogens with zero attached hydrogens (tertiary/aromatic N) is 2. The Morgan fingerprint density at radius 2 is 1.90 bits per heavy atom. The number of methoxy groups -OCH3 is 2. The minimum absolute atomic E-state index is 0.0923. The lowest BCUT2D eigenvalue weighted by Gasteiger charge is -2.13. The number of pyridine rings is 1. The van der Waals surface area contributed by atoms with Crippen molar-refractivity contribution in [2.24, 2.45) is 0 Å². The van der Waals surface area contributed by atoms with Crippen molar-refractivity contribution >= 4 is 23.5 Å². The Hall–Kier alpha value is -3.62. The van der Waals surface area contributed by atoms with E-state index in [0.717, 1.165) is 11.3 Å². The Kier molecular flexibility index (Phi) is 6.84. The molecule has 0 radical (unpaired) electrons. The molecule has 1 aromatic heterocycles. The van der Waals surface area contributed by atoms with Crippen LogP contribution in [-0.2, 0) is 16.0 Å². The number of benzene rings is 1. The zero-order valence-corrected chi connectivity index (χ0v) is 16.9. The van der Waals surface area contributed by atoms with Crippen LogP contribution in [0, 0.1) is 0 Å². The van der Waals surface area contributed by atoms with Crippen molar-refractivity contribution in [1.29, 1.82) is 0 Å². The molecular weight excluding hydrogens is 388 g/mol. The Balaban J connectivity index is 1.46.